The van der Waals surface area contributed by atoms with Gasteiger partial charge in [-0.25, -0.2) is 4.68 Å². The van der Waals surface area contributed by atoms with Crippen LogP contribution >= 0.6 is 34.5 Å². The first-order valence-electron chi connectivity index (χ1n) is 10.7. The SMILES string of the molecule is CCCN(CC(=O)Nc1cc(C(C)(C)C)nn1-c1ccc(Cl)c(Cl)c1)C(=O)Cc1cccs1. The average Bonchev–Trinajstić information content (AvgIpc) is 3.39. The number of nitrogens with one attached hydrogen (secondary N) is 1. The van der Waals surface area contributed by atoms with Crippen LogP contribution in [-0.2, 0) is 21.4 Å². The maximum atomic E-state index is 13.0. The Hall–Kier alpha value is -2.35. The Morgan fingerprint density at radius 2 is 1.91 bits per heavy atom. The number of benzene rings is 1. The van der Waals surface area contributed by atoms with Crippen molar-refractivity contribution in [2.45, 2.75) is 46.0 Å². The molecule has 0 fully saturated rings. The zero-order chi connectivity index (χ0) is 24.2. The van der Waals surface area contributed by atoms with Crippen molar-refractivity contribution in [1.82, 2.24) is 14.7 Å². The van der Waals surface area contributed by atoms with Gasteiger partial charge in [0.15, 0.2) is 0 Å². The molecule has 9 heteroatoms. The van der Waals surface area contributed by atoms with Gasteiger partial charge in [-0.2, -0.15) is 5.10 Å². The molecule has 33 heavy (non-hydrogen) atoms. The number of carbonyl (C=O) groups is 2. The summed E-state index contributed by atoms with van der Waals surface area (Å²) < 4.78 is 1.64. The maximum Gasteiger partial charge on any atom is 0.245 e. The Kier molecular flexibility index (Phi) is 8.21. The first kappa shape index (κ1) is 25.3. The van der Waals surface area contributed by atoms with Crippen molar-refractivity contribution in [3.63, 3.8) is 0 Å². The van der Waals surface area contributed by atoms with Crippen LogP contribution in [0.4, 0.5) is 5.82 Å². The molecule has 0 atom stereocenters. The second-order valence-electron chi connectivity index (χ2n) is 8.79. The van der Waals surface area contributed by atoms with Gasteiger partial charge in [0.1, 0.15) is 5.82 Å². The highest BCUT2D eigenvalue weighted by atomic mass is 35.5. The van der Waals surface area contributed by atoms with Crippen LogP contribution in [0.3, 0.4) is 0 Å². The number of nitrogens with zero attached hydrogens (tertiary/aromatic N) is 3. The molecule has 6 nitrogen and oxygen atoms in total. The summed E-state index contributed by atoms with van der Waals surface area (Å²) in [5, 5.41) is 10.4. The third-order valence-corrected chi connectivity index (χ3v) is 6.59. The van der Waals surface area contributed by atoms with Crippen molar-refractivity contribution in [3.05, 3.63) is 62.4 Å². The van der Waals surface area contributed by atoms with Gasteiger partial charge in [-0.1, -0.05) is 57.0 Å². The zero-order valence-corrected chi connectivity index (χ0v) is 21.5. The topological polar surface area (TPSA) is 67.2 Å². The van der Waals surface area contributed by atoms with Crippen LogP contribution in [0.15, 0.2) is 41.8 Å². The fourth-order valence-electron chi connectivity index (χ4n) is 3.24. The fraction of sp³-hybridized carbons (Fsp3) is 0.375. The molecule has 0 radical (unpaired) electrons. The summed E-state index contributed by atoms with van der Waals surface area (Å²) in [6.07, 6.45) is 1.05. The lowest BCUT2D eigenvalue weighted by atomic mass is 9.92. The van der Waals surface area contributed by atoms with E-state index in [0.29, 0.717) is 34.5 Å². The van der Waals surface area contributed by atoms with Crippen molar-refractivity contribution in [3.8, 4) is 5.69 Å². The van der Waals surface area contributed by atoms with E-state index in [0.717, 1.165) is 17.0 Å². The van der Waals surface area contributed by atoms with Crippen molar-refractivity contribution in [2.75, 3.05) is 18.4 Å². The normalized spacial score (nSPS) is 11.5. The highest BCUT2D eigenvalue weighted by Crippen LogP contribution is 2.29. The molecule has 3 rings (SSSR count). The van der Waals surface area contributed by atoms with Crippen LogP contribution in [0, 0.1) is 0 Å². The van der Waals surface area contributed by atoms with Gasteiger partial charge < -0.3 is 10.2 Å². The molecule has 2 amide bonds. The lowest BCUT2D eigenvalue weighted by Crippen LogP contribution is -2.39. The van der Waals surface area contributed by atoms with Gasteiger partial charge in [0.05, 0.1) is 34.4 Å². The molecule has 0 aliphatic heterocycles. The van der Waals surface area contributed by atoms with E-state index in [2.05, 4.69) is 5.32 Å². The number of hydrogen-bond donors (Lipinski definition) is 1. The fourth-order valence-corrected chi connectivity index (χ4v) is 4.23. The van der Waals surface area contributed by atoms with E-state index in [9.17, 15) is 9.59 Å². The zero-order valence-electron chi connectivity index (χ0n) is 19.2. The second kappa shape index (κ2) is 10.7. The highest BCUT2D eigenvalue weighted by molar-refractivity contribution is 7.10. The van der Waals surface area contributed by atoms with E-state index in [-0.39, 0.29) is 23.8 Å². The highest BCUT2D eigenvalue weighted by Gasteiger charge is 2.23. The Morgan fingerprint density at radius 3 is 2.52 bits per heavy atom. The smallest absolute Gasteiger partial charge is 0.245 e. The number of anilines is 1. The molecule has 3 aromatic rings. The summed E-state index contributed by atoms with van der Waals surface area (Å²) in [7, 11) is 0. The van der Waals surface area contributed by atoms with E-state index < -0.39 is 0 Å². The molecule has 2 aromatic heterocycles. The first-order chi connectivity index (χ1) is 15.6. The van der Waals surface area contributed by atoms with Crippen LogP contribution < -0.4 is 5.32 Å². The molecule has 176 valence electrons. The summed E-state index contributed by atoms with van der Waals surface area (Å²) >= 11 is 13.8. The van der Waals surface area contributed by atoms with Gasteiger partial charge in [-0.3, -0.25) is 9.59 Å². The van der Waals surface area contributed by atoms with Crippen LogP contribution in [-0.4, -0.2) is 39.6 Å². The maximum absolute atomic E-state index is 13.0. The predicted molar refractivity (Wildman–Crippen MR) is 136 cm³/mol. The van der Waals surface area contributed by atoms with Crippen LogP contribution in [0.5, 0.6) is 0 Å². The minimum atomic E-state index is -0.287. The molecule has 0 bridgehead atoms. The number of thiophene rings is 1. The van der Waals surface area contributed by atoms with Gasteiger partial charge in [0.2, 0.25) is 11.8 Å². The summed E-state index contributed by atoms with van der Waals surface area (Å²) in [4.78, 5) is 28.3. The quantitative estimate of drug-likeness (QED) is 0.409. The van der Waals surface area contributed by atoms with Crippen LogP contribution in [0.2, 0.25) is 10.0 Å². The van der Waals surface area contributed by atoms with E-state index in [1.165, 1.54) is 11.3 Å². The molecule has 1 N–H and O–H groups in total. The Balaban J connectivity index is 1.82. The number of halogens is 2. The summed E-state index contributed by atoms with van der Waals surface area (Å²) in [5.74, 6) is 0.151. The standard InChI is InChI=1S/C24H28Cl2N4O2S/c1-5-10-29(23(32)13-17-7-6-11-33-17)15-22(31)27-21-14-20(24(2,3)4)28-30(21)16-8-9-18(25)19(26)12-16/h6-9,11-12,14H,5,10,13,15H2,1-4H3,(H,27,31). The minimum Gasteiger partial charge on any atom is -0.333 e. The molecule has 0 aliphatic rings. The summed E-state index contributed by atoms with van der Waals surface area (Å²) in [6, 6.07) is 10.9. The lowest BCUT2D eigenvalue weighted by molar-refractivity contribution is -0.134. The van der Waals surface area contributed by atoms with Crippen molar-refractivity contribution >= 4 is 52.2 Å². The predicted octanol–water partition coefficient (Wildman–Crippen LogP) is 5.96. The van der Waals surface area contributed by atoms with Crippen molar-refractivity contribution < 1.29 is 9.59 Å². The first-order valence-corrected chi connectivity index (χ1v) is 12.4. The van der Waals surface area contributed by atoms with Gasteiger partial charge in [0.25, 0.3) is 0 Å². The lowest BCUT2D eigenvalue weighted by Gasteiger charge is -2.21. The Bertz CT molecular complexity index is 1120. The van der Waals surface area contributed by atoms with Gasteiger partial charge in [0, 0.05) is 22.9 Å². The average molecular weight is 507 g/mol. The third kappa shape index (κ3) is 6.59. The third-order valence-electron chi connectivity index (χ3n) is 4.98. The van der Waals surface area contributed by atoms with Gasteiger partial charge >= 0.3 is 0 Å². The largest absolute Gasteiger partial charge is 0.333 e. The molecule has 0 aliphatic carbocycles. The monoisotopic (exact) mass is 506 g/mol. The Morgan fingerprint density at radius 1 is 1.15 bits per heavy atom. The molecule has 2 heterocycles. The number of rotatable bonds is 8. The molecule has 1 aromatic carbocycles. The van der Waals surface area contributed by atoms with E-state index in [4.69, 9.17) is 28.3 Å². The van der Waals surface area contributed by atoms with E-state index in [1.54, 1.807) is 27.8 Å². The van der Waals surface area contributed by atoms with Gasteiger partial charge in [-0.15, -0.1) is 11.3 Å². The number of amides is 2. The van der Waals surface area contributed by atoms with E-state index in [1.807, 2.05) is 51.3 Å². The van der Waals surface area contributed by atoms with Crippen LogP contribution in [0.25, 0.3) is 5.69 Å². The number of hydrogen-bond acceptors (Lipinski definition) is 4. The van der Waals surface area contributed by atoms with Crippen molar-refractivity contribution in [2.24, 2.45) is 0 Å². The molecule has 0 spiro atoms. The van der Waals surface area contributed by atoms with Gasteiger partial charge in [-0.05, 0) is 36.1 Å². The molecule has 0 saturated heterocycles. The molecule has 0 unspecified atom stereocenters. The number of aromatic nitrogens is 2. The summed E-state index contributed by atoms with van der Waals surface area (Å²) in [5.41, 5.74) is 1.25. The molecular formula is C24H28Cl2N4O2S. The van der Waals surface area contributed by atoms with E-state index >= 15 is 0 Å². The summed E-state index contributed by atoms with van der Waals surface area (Å²) in [6.45, 7) is 8.61. The molecular weight excluding hydrogens is 479 g/mol. The van der Waals surface area contributed by atoms with Crippen LogP contribution in [0.1, 0.15) is 44.7 Å². The Labute approximate surface area is 208 Å². The number of carbonyl (C=O) groups excluding carboxylic acids is 2. The minimum absolute atomic E-state index is 0.0323. The second-order valence-corrected chi connectivity index (χ2v) is 10.6. The van der Waals surface area contributed by atoms with Crippen molar-refractivity contribution in [1.29, 1.82) is 0 Å². The molecule has 0 saturated carbocycles.